The number of nitrogens with zero attached hydrogens (tertiary/aromatic N) is 1. The van der Waals surface area contributed by atoms with Gasteiger partial charge in [-0.3, -0.25) is 9.59 Å². The molecular weight excluding hydrogens is 362 g/mol. The van der Waals surface area contributed by atoms with Crippen LogP contribution in [0.1, 0.15) is 61.1 Å². The van der Waals surface area contributed by atoms with Crippen LogP contribution in [0, 0.1) is 5.92 Å². The van der Waals surface area contributed by atoms with Crippen molar-refractivity contribution in [3.63, 3.8) is 0 Å². The Labute approximate surface area is 164 Å². The van der Waals surface area contributed by atoms with Gasteiger partial charge in [-0.05, 0) is 42.9 Å². The molecule has 0 amide bonds. The third kappa shape index (κ3) is 6.79. The first-order valence-electron chi connectivity index (χ1n) is 9.25. The van der Waals surface area contributed by atoms with Crippen LogP contribution in [0.5, 0.6) is 5.75 Å². The van der Waals surface area contributed by atoms with E-state index in [1.165, 1.54) is 16.9 Å². The minimum absolute atomic E-state index is 0.0761. The number of Topliss-reactive ketones (excluding diaryl/α,β-unsaturated/α-hetero) is 1. The fourth-order valence-corrected chi connectivity index (χ4v) is 3.57. The lowest BCUT2D eigenvalue weighted by molar-refractivity contribution is -0.142. The molecule has 1 unspecified atom stereocenters. The summed E-state index contributed by atoms with van der Waals surface area (Å²) in [6.45, 7) is 8.66. The van der Waals surface area contributed by atoms with Gasteiger partial charge in [0.15, 0.2) is 11.6 Å². The number of rotatable bonds is 10. The first kappa shape index (κ1) is 21.1. The van der Waals surface area contributed by atoms with Crippen LogP contribution >= 0.6 is 11.3 Å². The molecule has 146 valence electrons. The second-order valence-corrected chi connectivity index (χ2v) is 7.80. The van der Waals surface area contributed by atoms with Crippen molar-refractivity contribution in [2.24, 2.45) is 5.92 Å². The lowest BCUT2D eigenvalue weighted by Crippen LogP contribution is -2.12. The molecule has 0 spiro atoms. The average molecular weight is 390 g/mol. The normalized spacial score (nSPS) is 12.0. The van der Waals surface area contributed by atoms with Crippen LogP contribution in [-0.2, 0) is 16.0 Å². The van der Waals surface area contributed by atoms with Crippen molar-refractivity contribution in [3.8, 4) is 5.75 Å². The number of carbonyl (C=O) groups excluding carboxylic acids is 2. The molecule has 1 heterocycles. The van der Waals surface area contributed by atoms with Gasteiger partial charge in [0, 0.05) is 5.38 Å². The topological polar surface area (TPSA) is 65.5 Å². The molecule has 6 heteroatoms. The van der Waals surface area contributed by atoms with Crippen LogP contribution in [0.2, 0.25) is 0 Å². The van der Waals surface area contributed by atoms with E-state index in [1.54, 1.807) is 12.3 Å². The summed E-state index contributed by atoms with van der Waals surface area (Å²) in [7, 11) is 0. The third-order valence-electron chi connectivity index (χ3n) is 4.07. The van der Waals surface area contributed by atoms with Gasteiger partial charge in [0.25, 0.3) is 0 Å². The monoisotopic (exact) mass is 389 g/mol. The molecule has 0 aliphatic carbocycles. The van der Waals surface area contributed by atoms with E-state index in [0.717, 1.165) is 6.42 Å². The first-order chi connectivity index (χ1) is 12.9. The van der Waals surface area contributed by atoms with Crippen molar-refractivity contribution in [1.82, 2.24) is 4.98 Å². The molecule has 0 fully saturated rings. The number of carbonyl (C=O) groups is 2. The minimum Gasteiger partial charge on any atom is -0.485 e. The summed E-state index contributed by atoms with van der Waals surface area (Å²) in [6.07, 6.45) is 1.21. The highest BCUT2D eigenvalue weighted by Crippen LogP contribution is 2.25. The van der Waals surface area contributed by atoms with Crippen LogP contribution in [0.4, 0.5) is 0 Å². The number of benzene rings is 1. The lowest BCUT2D eigenvalue weighted by atomic mass is 9.92. The van der Waals surface area contributed by atoms with Gasteiger partial charge >= 0.3 is 5.97 Å². The van der Waals surface area contributed by atoms with E-state index in [4.69, 9.17) is 9.47 Å². The maximum absolute atomic E-state index is 12.2. The summed E-state index contributed by atoms with van der Waals surface area (Å²) in [4.78, 5) is 27.9. The van der Waals surface area contributed by atoms with Crippen molar-refractivity contribution in [3.05, 3.63) is 45.9 Å². The number of ketones is 1. The summed E-state index contributed by atoms with van der Waals surface area (Å²) in [5.74, 6) is 1.26. The Morgan fingerprint density at radius 2 is 1.85 bits per heavy atom. The molecule has 0 bridgehead atoms. The highest BCUT2D eigenvalue weighted by Gasteiger charge is 2.15. The van der Waals surface area contributed by atoms with E-state index in [1.807, 2.05) is 24.3 Å². The smallest absolute Gasteiger partial charge is 0.311 e. The van der Waals surface area contributed by atoms with Crippen LogP contribution in [0.25, 0.3) is 0 Å². The zero-order valence-electron chi connectivity index (χ0n) is 16.4. The lowest BCUT2D eigenvalue weighted by Gasteiger charge is -2.14. The minimum atomic E-state index is -0.343. The zero-order chi connectivity index (χ0) is 19.8. The summed E-state index contributed by atoms with van der Waals surface area (Å²) in [5.41, 5.74) is 1.82. The predicted octanol–water partition coefficient (Wildman–Crippen LogP) is 4.66. The Kier molecular flexibility index (Phi) is 7.98. The van der Waals surface area contributed by atoms with Gasteiger partial charge in [0.05, 0.1) is 18.7 Å². The molecule has 1 aromatic heterocycles. The molecule has 27 heavy (non-hydrogen) atoms. The fraction of sp³-hybridized carbons (Fsp3) is 0.476. The van der Waals surface area contributed by atoms with Gasteiger partial charge in [-0.2, -0.15) is 0 Å². The Morgan fingerprint density at radius 1 is 1.15 bits per heavy atom. The van der Waals surface area contributed by atoms with Crippen molar-refractivity contribution in [2.45, 2.75) is 46.5 Å². The van der Waals surface area contributed by atoms with Crippen molar-refractivity contribution < 1.29 is 19.1 Å². The maximum Gasteiger partial charge on any atom is 0.311 e. The van der Waals surface area contributed by atoms with Crippen molar-refractivity contribution in [2.75, 3.05) is 13.2 Å². The molecule has 0 saturated carbocycles. The number of hydrogen-bond acceptors (Lipinski definition) is 6. The molecule has 0 saturated heterocycles. The second-order valence-electron chi connectivity index (χ2n) is 6.94. The maximum atomic E-state index is 12.2. The highest BCUT2D eigenvalue weighted by molar-refractivity contribution is 7.11. The molecule has 5 nitrogen and oxygen atoms in total. The second kappa shape index (κ2) is 10.2. The Hall–Kier alpha value is -2.21. The molecule has 2 rings (SSSR count). The van der Waals surface area contributed by atoms with Gasteiger partial charge in [0.1, 0.15) is 5.75 Å². The molecule has 0 aliphatic rings. The average Bonchev–Trinajstić information content (AvgIpc) is 3.08. The Bertz CT molecular complexity index is 752. The quantitative estimate of drug-likeness (QED) is 0.437. The molecule has 1 atom stereocenters. The largest absolute Gasteiger partial charge is 0.485 e. The Morgan fingerprint density at radius 3 is 2.48 bits per heavy atom. The van der Waals surface area contributed by atoms with E-state index >= 15 is 0 Å². The SMILES string of the molecule is CCOC(=O)Cc1csc(C(=O)COc2ccc(C(C)CC(C)C)cc2)n1. The molecule has 1 aromatic carbocycles. The summed E-state index contributed by atoms with van der Waals surface area (Å²) >= 11 is 1.22. The van der Waals surface area contributed by atoms with Crippen LogP contribution in [0.3, 0.4) is 0 Å². The third-order valence-corrected chi connectivity index (χ3v) is 5.00. The van der Waals surface area contributed by atoms with E-state index in [0.29, 0.717) is 34.9 Å². The molecule has 0 radical (unpaired) electrons. The van der Waals surface area contributed by atoms with Crippen molar-refractivity contribution >= 4 is 23.1 Å². The van der Waals surface area contributed by atoms with Crippen molar-refractivity contribution in [1.29, 1.82) is 0 Å². The van der Waals surface area contributed by atoms with Crippen LogP contribution in [-0.4, -0.2) is 30.0 Å². The van der Waals surface area contributed by atoms with Gasteiger partial charge in [-0.1, -0.05) is 32.9 Å². The van der Waals surface area contributed by atoms with E-state index < -0.39 is 0 Å². The molecule has 0 aliphatic heterocycles. The number of thiazole rings is 1. The summed E-state index contributed by atoms with van der Waals surface area (Å²) in [5, 5.41) is 2.05. The summed E-state index contributed by atoms with van der Waals surface area (Å²) in [6, 6.07) is 7.89. The number of hydrogen-bond donors (Lipinski definition) is 0. The number of aromatic nitrogens is 1. The van der Waals surface area contributed by atoms with Gasteiger partial charge < -0.3 is 9.47 Å². The highest BCUT2D eigenvalue weighted by atomic mass is 32.1. The molecule has 0 N–H and O–H groups in total. The van der Waals surface area contributed by atoms with E-state index in [9.17, 15) is 9.59 Å². The van der Waals surface area contributed by atoms with E-state index in [-0.39, 0.29) is 24.8 Å². The van der Waals surface area contributed by atoms with Gasteiger partial charge in [0.2, 0.25) is 5.78 Å². The standard InChI is InChI=1S/C21H27NO4S/c1-5-25-20(24)11-17-13-27-21(22-17)19(23)12-26-18-8-6-16(7-9-18)15(4)10-14(2)3/h6-9,13-15H,5,10-12H2,1-4H3. The first-order valence-corrected chi connectivity index (χ1v) is 10.1. The van der Waals surface area contributed by atoms with Crippen LogP contribution < -0.4 is 4.74 Å². The number of ether oxygens (including phenoxy) is 2. The predicted molar refractivity (Wildman–Crippen MR) is 107 cm³/mol. The zero-order valence-corrected chi connectivity index (χ0v) is 17.2. The molecular formula is C21H27NO4S. The Balaban J connectivity index is 1.86. The fourth-order valence-electron chi connectivity index (χ4n) is 2.82. The van der Waals surface area contributed by atoms with E-state index in [2.05, 4.69) is 25.8 Å². The number of esters is 1. The summed E-state index contributed by atoms with van der Waals surface area (Å²) < 4.78 is 10.5. The van der Waals surface area contributed by atoms with Crippen LogP contribution in [0.15, 0.2) is 29.6 Å². The van der Waals surface area contributed by atoms with Gasteiger partial charge in [-0.25, -0.2) is 4.98 Å². The molecule has 2 aromatic rings. The van der Waals surface area contributed by atoms with Gasteiger partial charge in [-0.15, -0.1) is 11.3 Å².